The lowest BCUT2D eigenvalue weighted by Gasteiger charge is -2.23. The Bertz CT molecular complexity index is 461. The molecule has 0 spiro atoms. The molecule has 19 heavy (non-hydrogen) atoms. The van der Waals surface area contributed by atoms with Crippen LogP contribution < -0.4 is 10.7 Å². The van der Waals surface area contributed by atoms with Crippen molar-refractivity contribution in [3.8, 4) is 0 Å². The van der Waals surface area contributed by atoms with E-state index in [1.54, 1.807) is 0 Å². The summed E-state index contributed by atoms with van der Waals surface area (Å²) >= 11 is 5.25. The van der Waals surface area contributed by atoms with Crippen molar-refractivity contribution in [1.29, 1.82) is 0 Å². The molecule has 1 aliphatic carbocycles. The monoisotopic (exact) mass is 279 g/mol. The van der Waals surface area contributed by atoms with E-state index in [4.69, 9.17) is 16.6 Å². The maximum absolute atomic E-state index is 5.49. The Morgan fingerprint density at radius 2 is 2.05 bits per heavy atom. The molecule has 0 aromatic carbocycles. The van der Waals surface area contributed by atoms with Gasteiger partial charge in [0.2, 0.25) is 0 Å². The Hall–Kier alpha value is -1.36. The van der Waals surface area contributed by atoms with Gasteiger partial charge in [-0.25, -0.2) is 0 Å². The maximum atomic E-state index is 5.49. The zero-order valence-electron chi connectivity index (χ0n) is 11.5. The summed E-state index contributed by atoms with van der Waals surface area (Å²) in [5.41, 5.74) is 3.68. The van der Waals surface area contributed by atoms with Gasteiger partial charge in [0.1, 0.15) is 17.2 Å². The topological polar surface area (TPSA) is 49.6 Å². The van der Waals surface area contributed by atoms with E-state index < -0.39 is 0 Å². The number of nitrogens with zero attached hydrogens (tertiary/aromatic N) is 1. The predicted molar refractivity (Wildman–Crippen MR) is 81.4 cm³/mol. The van der Waals surface area contributed by atoms with Crippen molar-refractivity contribution in [3.63, 3.8) is 0 Å². The second-order valence-electron chi connectivity index (χ2n) is 5.03. The van der Waals surface area contributed by atoms with E-state index in [2.05, 4.69) is 15.8 Å². The van der Waals surface area contributed by atoms with Gasteiger partial charge in [-0.15, -0.1) is 0 Å². The smallest absolute Gasteiger partial charge is 0.187 e. The lowest BCUT2D eigenvalue weighted by molar-refractivity contribution is 0.412. The summed E-state index contributed by atoms with van der Waals surface area (Å²) in [5.74, 6) is 1.65. The summed E-state index contributed by atoms with van der Waals surface area (Å²) in [7, 11) is 0. The zero-order valence-corrected chi connectivity index (χ0v) is 12.3. The highest BCUT2D eigenvalue weighted by Crippen LogP contribution is 2.17. The summed E-state index contributed by atoms with van der Waals surface area (Å²) in [6.07, 6.45) is 6.31. The van der Waals surface area contributed by atoms with Gasteiger partial charge in [0.25, 0.3) is 0 Å². The molecule has 0 bridgehead atoms. The molecule has 0 unspecified atom stereocenters. The molecule has 1 aromatic heterocycles. The van der Waals surface area contributed by atoms with E-state index in [0.717, 1.165) is 17.2 Å². The molecule has 1 aliphatic rings. The zero-order chi connectivity index (χ0) is 13.7. The first-order valence-electron chi connectivity index (χ1n) is 6.83. The molecule has 2 rings (SSSR count). The number of furan rings is 1. The Balaban J connectivity index is 1.81. The Morgan fingerprint density at radius 3 is 2.68 bits per heavy atom. The quantitative estimate of drug-likeness (QED) is 0.507. The van der Waals surface area contributed by atoms with E-state index in [-0.39, 0.29) is 0 Å². The first-order valence-corrected chi connectivity index (χ1v) is 7.23. The van der Waals surface area contributed by atoms with Crippen molar-refractivity contribution in [2.45, 2.75) is 52.0 Å². The van der Waals surface area contributed by atoms with Crippen LogP contribution in [0.5, 0.6) is 0 Å². The summed E-state index contributed by atoms with van der Waals surface area (Å²) in [5, 5.41) is 8.15. The van der Waals surface area contributed by atoms with Gasteiger partial charge >= 0.3 is 0 Å². The van der Waals surface area contributed by atoms with Crippen molar-refractivity contribution in [1.82, 2.24) is 10.7 Å². The van der Waals surface area contributed by atoms with Crippen molar-refractivity contribution in [3.05, 3.63) is 23.7 Å². The third kappa shape index (κ3) is 4.35. The van der Waals surface area contributed by atoms with Crippen LogP contribution in [0.25, 0.3) is 0 Å². The molecule has 0 aliphatic heterocycles. The molecule has 1 saturated carbocycles. The molecule has 1 aromatic rings. The molecule has 4 nitrogen and oxygen atoms in total. The van der Waals surface area contributed by atoms with Gasteiger partial charge in [-0.05, 0) is 51.0 Å². The summed E-state index contributed by atoms with van der Waals surface area (Å²) in [6.45, 7) is 3.81. The van der Waals surface area contributed by atoms with Crippen molar-refractivity contribution in [2.24, 2.45) is 5.10 Å². The van der Waals surface area contributed by atoms with E-state index in [9.17, 15) is 0 Å². The fraction of sp³-hybridized carbons (Fsp3) is 0.571. The van der Waals surface area contributed by atoms with Gasteiger partial charge in [-0.2, -0.15) is 5.10 Å². The van der Waals surface area contributed by atoms with Gasteiger partial charge < -0.3 is 9.73 Å². The van der Waals surface area contributed by atoms with Crippen LogP contribution in [0.15, 0.2) is 21.7 Å². The number of nitrogens with one attached hydrogen (secondary N) is 2. The van der Waals surface area contributed by atoms with Gasteiger partial charge in [0, 0.05) is 6.04 Å². The van der Waals surface area contributed by atoms with E-state index >= 15 is 0 Å². The lowest BCUT2D eigenvalue weighted by Crippen LogP contribution is -2.41. The fourth-order valence-corrected chi connectivity index (χ4v) is 2.50. The average Bonchev–Trinajstić information content (AvgIpc) is 2.84. The minimum atomic E-state index is 0.495. The Labute approximate surface area is 119 Å². The third-order valence-electron chi connectivity index (χ3n) is 3.36. The molecule has 5 heteroatoms. The van der Waals surface area contributed by atoms with Crippen LogP contribution >= 0.6 is 12.2 Å². The SMILES string of the molecule is C/C(=N\NC(=S)NC1CCCCC1)c1ccc(C)o1. The number of rotatable bonds is 3. The number of hydrazone groups is 1. The molecule has 104 valence electrons. The summed E-state index contributed by atoms with van der Waals surface area (Å²) in [4.78, 5) is 0. The highest BCUT2D eigenvalue weighted by atomic mass is 32.1. The van der Waals surface area contributed by atoms with Crippen LogP contribution in [0.4, 0.5) is 0 Å². The highest BCUT2D eigenvalue weighted by molar-refractivity contribution is 7.80. The fourth-order valence-electron chi connectivity index (χ4n) is 2.28. The molecule has 0 atom stereocenters. The van der Waals surface area contributed by atoms with Crippen molar-refractivity contribution >= 4 is 23.0 Å². The first-order chi connectivity index (χ1) is 9.15. The molecule has 2 N–H and O–H groups in total. The summed E-state index contributed by atoms with van der Waals surface area (Å²) in [6, 6.07) is 4.33. The minimum Gasteiger partial charge on any atom is -0.460 e. The second-order valence-corrected chi connectivity index (χ2v) is 5.44. The van der Waals surface area contributed by atoms with Gasteiger partial charge in [-0.1, -0.05) is 19.3 Å². The molecule has 0 radical (unpaired) electrons. The van der Waals surface area contributed by atoms with Crippen molar-refractivity contribution < 1.29 is 4.42 Å². The lowest BCUT2D eigenvalue weighted by atomic mass is 9.96. The van der Waals surface area contributed by atoms with Crippen LogP contribution in [-0.2, 0) is 0 Å². The van der Waals surface area contributed by atoms with Crippen LogP contribution in [0.1, 0.15) is 50.5 Å². The summed E-state index contributed by atoms with van der Waals surface area (Å²) < 4.78 is 5.49. The standard InChI is InChI=1S/C14H21N3OS/c1-10-8-9-13(18-10)11(2)16-17-14(19)15-12-6-4-3-5-7-12/h8-9,12H,3-7H2,1-2H3,(H2,15,17,19)/b16-11+. The minimum absolute atomic E-state index is 0.495. The van der Waals surface area contributed by atoms with Crippen LogP contribution in [0.2, 0.25) is 0 Å². The van der Waals surface area contributed by atoms with Crippen molar-refractivity contribution in [2.75, 3.05) is 0 Å². The Kier molecular flexibility index (Phi) is 4.96. The largest absolute Gasteiger partial charge is 0.460 e. The third-order valence-corrected chi connectivity index (χ3v) is 3.57. The average molecular weight is 279 g/mol. The molecule has 0 amide bonds. The van der Waals surface area contributed by atoms with Gasteiger partial charge in [0.15, 0.2) is 5.11 Å². The van der Waals surface area contributed by atoms with Crippen LogP contribution in [0.3, 0.4) is 0 Å². The normalized spacial score (nSPS) is 17.3. The first kappa shape index (κ1) is 14.1. The maximum Gasteiger partial charge on any atom is 0.187 e. The second kappa shape index (κ2) is 6.70. The number of thiocarbonyl (C=S) groups is 1. The Morgan fingerprint density at radius 1 is 1.32 bits per heavy atom. The highest BCUT2D eigenvalue weighted by Gasteiger charge is 2.13. The number of hydrogen-bond acceptors (Lipinski definition) is 3. The molecular formula is C14H21N3OS. The van der Waals surface area contributed by atoms with Gasteiger partial charge in [0.05, 0.1) is 0 Å². The molecule has 1 fully saturated rings. The number of aryl methyl sites for hydroxylation is 1. The predicted octanol–water partition coefficient (Wildman–Crippen LogP) is 3.11. The number of hydrogen-bond donors (Lipinski definition) is 2. The van der Waals surface area contributed by atoms with E-state index in [0.29, 0.717) is 11.2 Å². The van der Waals surface area contributed by atoms with Gasteiger partial charge in [-0.3, -0.25) is 5.43 Å². The molecular weight excluding hydrogens is 258 g/mol. The van der Waals surface area contributed by atoms with E-state index in [1.165, 1.54) is 32.1 Å². The van der Waals surface area contributed by atoms with E-state index in [1.807, 2.05) is 26.0 Å². The van der Waals surface area contributed by atoms with Crippen LogP contribution in [-0.4, -0.2) is 16.9 Å². The van der Waals surface area contributed by atoms with Crippen LogP contribution in [0, 0.1) is 6.92 Å². The molecule has 1 heterocycles. The molecule has 0 saturated heterocycles.